The molecule has 2 saturated heterocycles. The van der Waals surface area contributed by atoms with Crippen LogP contribution in [-0.4, -0.2) is 154 Å². The second kappa shape index (κ2) is 21.6. The third-order valence-electron chi connectivity index (χ3n) is 10.4. The Kier molecular flexibility index (Phi) is 15.6. The molecule has 4 aromatic heterocycles. The van der Waals surface area contributed by atoms with E-state index < -0.39 is 30.5 Å². The van der Waals surface area contributed by atoms with Crippen molar-refractivity contribution in [1.29, 1.82) is 0 Å². The minimum atomic E-state index is -1.43. The van der Waals surface area contributed by atoms with Crippen LogP contribution in [0, 0.1) is 0 Å². The number of pyridine rings is 2. The molecule has 4 N–H and O–H groups in total. The van der Waals surface area contributed by atoms with E-state index in [4.69, 9.17) is 21.6 Å². The average molecular weight is 887 g/mol. The lowest BCUT2D eigenvalue weighted by Gasteiger charge is -2.39. The summed E-state index contributed by atoms with van der Waals surface area (Å²) in [5.74, 6) is -2.53. The number of aromatic nitrogens is 6. The molecule has 6 aromatic rings. The smallest absolute Gasteiger partial charge is 0.422 e. The van der Waals surface area contributed by atoms with Crippen LogP contribution in [-0.2, 0) is 9.59 Å². The van der Waals surface area contributed by atoms with Crippen LogP contribution in [0.15, 0.2) is 122 Å². The highest BCUT2D eigenvalue weighted by Crippen LogP contribution is 2.19. The van der Waals surface area contributed by atoms with Crippen LogP contribution < -0.4 is 5.59 Å². The van der Waals surface area contributed by atoms with E-state index in [0.29, 0.717) is 61.7 Å². The van der Waals surface area contributed by atoms with Crippen molar-refractivity contribution < 1.29 is 38.8 Å². The molecule has 0 saturated carbocycles. The zero-order chi connectivity index (χ0) is 45.8. The van der Waals surface area contributed by atoms with E-state index in [9.17, 15) is 28.8 Å². The Morgan fingerprint density at radius 1 is 0.594 bits per heavy atom. The quantitative estimate of drug-likeness (QED) is 0.0746. The number of hydrogen-bond acceptors (Lipinski definition) is 12. The second-order valence-corrected chi connectivity index (χ2v) is 15.1. The minimum absolute atomic E-state index is 0.0699. The number of ketones is 2. The standard InChI is InChI=1S/C22H21N5O3.C19H18ClN3O3.C3H5BN2O2/c1-15-14-26(21(29)16-5-3-2-4-6-16)11-12-27(15)22(30)20(28)17-7-8-18(23-13-17)19-9-10-24-25-19;1-13-12-22(18(25)14-5-3-2-4-6-14)9-10-23(13)19(26)17(24)15-7-8-16(20)21-11-15;7-4(8)3-1-2-5-6-3/h2-10,13,15H,11-12,14H2,1H3,(H,24,25);2-8,11,13H,9-10,12H2,1H3;1-2,7-8H,(H,5,6)/t15-;13-;/m11./s1. The summed E-state index contributed by atoms with van der Waals surface area (Å²) >= 11 is 5.71. The number of hydrogen-bond donors (Lipinski definition) is 4. The van der Waals surface area contributed by atoms with Crippen molar-refractivity contribution in [3.63, 3.8) is 0 Å². The molecule has 0 radical (unpaired) electrons. The summed E-state index contributed by atoms with van der Waals surface area (Å²) in [5, 5.41) is 29.6. The van der Waals surface area contributed by atoms with E-state index in [0.717, 1.165) is 5.69 Å². The van der Waals surface area contributed by atoms with Gasteiger partial charge in [-0.2, -0.15) is 10.2 Å². The molecule has 8 rings (SSSR count). The van der Waals surface area contributed by atoms with Crippen molar-refractivity contribution in [2.24, 2.45) is 0 Å². The molecule has 2 atom stereocenters. The fourth-order valence-electron chi connectivity index (χ4n) is 6.93. The average Bonchev–Trinajstić information content (AvgIpc) is 4.08. The first-order chi connectivity index (χ1) is 30.8. The molecule has 4 amide bonds. The van der Waals surface area contributed by atoms with Crippen LogP contribution in [0.25, 0.3) is 11.4 Å². The summed E-state index contributed by atoms with van der Waals surface area (Å²) in [6.45, 7) is 5.82. The number of H-pyrrole nitrogens is 2. The highest BCUT2D eigenvalue weighted by atomic mass is 35.5. The lowest BCUT2D eigenvalue weighted by Crippen LogP contribution is -2.56. The van der Waals surface area contributed by atoms with E-state index in [2.05, 4.69) is 30.4 Å². The molecule has 64 heavy (non-hydrogen) atoms. The maximum absolute atomic E-state index is 12.8. The third-order valence-corrected chi connectivity index (χ3v) is 10.6. The Labute approximate surface area is 373 Å². The van der Waals surface area contributed by atoms with Crippen molar-refractivity contribution >= 4 is 59.5 Å². The summed E-state index contributed by atoms with van der Waals surface area (Å²) < 4.78 is 0. The van der Waals surface area contributed by atoms with Crippen LogP contribution in [0.5, 0.6) is 0 Å². The first-order valence-corrected chi connectivity index (χ1v) is 20.5. The lowest BCUT2D eigenvalue weighted by atomic mass is 9.87. The molecule has 6 heterocycles. The number of benzene rings is 2. The van der Waals surface area contributed by atoms with Crippen molar-refractivity contribution in [2.75, 3.05) is 39.3 Å². The molecule has 2 fully saturated rings. The normalized spacial score (nSPS) is 15.8. The molecule has 0 unspecified atom stereocenters. The van der Waals surface area contributed by atoms with E-state index >= 15 is 0 Å². The van der Waals surface area contributed by atoms with Gasteiger partial charge in [0.25, 0.3) is 35.2 Å². The second-order valence-electron chi connectivity index (χ2n) is 14.7. The molecular formula is C44H44BClN10O8. The number of piperazine rings is 2. The lowest BCUT2D eigenvalue weighted by molar-refractivity contribution is -0.130. The first-order valence-electron chi connectivity index (χ1n) is 20.1. The number of halogens is 1. The van der Waals surface area contributed by atoms with Gasteiger partial charge >= 0.3 is 7.12 Å². The predicted octanol–water partition coefficient (Wildman–Crippen LogP) is 2.41. The number of nitrogens with zero attached hydrogens (tertiary/aromatic N) is 8. The number of amides is 4. The highest BCUT2D eigenvalue weighted by Gasteiger charge is 2.35. The minimum Gasteiger partial charge on any atom is -0.422 e. The van der Waals surface area contributed by atoms with Crippen molar-refractivity contribution in [3.05, 3.63) is 149 Å². The van der Waals surface area contributed by atoms with Crippen molar-refractivity contribution in [3.8, 4) is 11.4 Å². The molecule has 0 aliphatic carbocycles. The number of carbonyl (C=O) groups excluding carboxylic acids is 6. The topological polar surface area (TPSA) is 239 Å². The Morgan fingerprint density at radius 3 is 1.45 bits per heavy atom. The summed E-state index contributed by atoms with van der Waals surface area (Å²) in [6.07, 6.45) is 5.76. The summed E-state index contributed by atoms with van der Waals surface area (Å²) in [6, 6.07) is 27.0. The molecule has 2 aliphatic rings. The number of aromatic amines is 2. The van der Waals surface area contributed by atoms with Gasteiger partial charge in [-0.1, -0.05) is 48.0 Å². The molecule has 2 aromatic carbocycles. The first kappa shape index (κ1) is 46.2. The van der Waals surface area contributed by atoms with Gasteiger partial charge in [0, 0.05) is 98.4 Å². The summed E-state index contributed by atoms with van der Waals surface area (Å²) in [5.41, 5.74) is 3.34. The Hall–Kier alpha value is -7.35. The third kappa shape index (κ3) is 11.6. The van der Waals surface area contributed by atoms with Gasteiger partial charge in [-0.3, -0.25) is 43.9 Å². The maximum Gasteiger partial charge on any atom is 0.507 e. The van der Waals surface area contributed by atoms with E-state index in [1.165, 1.54) is 46.6 Å². The molecule has 0 bridgehead atoms. The molecule has 2 aliphatic heterocycles. The van der Waals surface area contributed by atoms with Crippen LogP contribution in [0.2, 0.25) is 5.15 Å². The summed E-state index contributed by atoms with van der Waals surface area (Å²) in [4.78, 5) is 90.2. The Bertz CT molecular complexity index is 2520. The maximum atomic E-state index is 12.8. The van der Waals surface area contributed by atoms with Gasteiger partial charge in [-0.15, -0.1) is 0 Å². The largest absolute Gasteiger partial charge is 0.507 e. The Morgan fingerprint density at radius 2 is 1.08 bits per heavy atom. The van der Waals surface area contributed by atoms with E-state index in [-0.39, 0.29) is 40.2 Å². The SMILES string of the molecule is C[C@@H]1CN(C(=O)c2ccccc2)CCN1C(=O)C(=O)c1ccc(-c2ccn[nH]2)nc1.C[C@@H]1CN(C(=O)c2ccccc2)CCN1C(=O)C(=O)c1ccc(Cl)nc1.OB(O)c1ccn[nH]1. The van der Waals surface area contributed by atoms with Gasteiger partial charge in [-0.05, 0) is 74.5 Å². The van der Waals surface area contributed by atoms with Crippen LogP contribution in [0.4, 0.5) is 0 Å². The van der Waals surface area contributed by atoms with Gasteiger partial charge in [0.05, 0.1) is 17.0 Å². The van der Waals surface area contributed by atoms with Gasteiger partial charge in [0.1, 0.15) is 5.15 Å². The van der Waals surface area contributed by atoms with Gasteiger partial charge in [-0.25, -0.2) is 4.98 Å². The molecule has 0 spiro atoms. The molecule has 20 heteroatoms. The van der Waals surface area contributed by atoms with Crippen molar-refractivity contribution in [1.82, 2.24) is 50.0 Å². The van der Waals surface area contributed by atoms with Crippen LogP contribution >= 0.6 is 11.6 Å². The molecular weight excluding hydrogens is 843 g/mol. The van der Waals surface area contributed by atoms with E-state index in [1.54, 1.807) is 58.5 Å². The summed E-state index contributed by atoms with van der Waals surface area (Å²) in [7, 11) is -1.43. The van der Waals surface area contributed by atoms with Gasteiger partial charge in [0.2, 0.25) is 0 Å². The fraction of sp³-hybridized carbons (Fsp3) is 0.227. The van der Waals surface area contributed by atoms with Crippen LogP contribution in [0.1, 0.15) is 55.3 Å². The van der Waals surface area contributed by atoms with Gasteiger partial charge < -0.3 is 29.6 Å². The van der Waals surface area contributed by atoms with Crippen molar-refractivity contribution in [2.45, 2.75) is 25.9 Å². The number of Topliss-reactive ketones (excluding diaryl/α,β-unsaturated/α-hetero) is 2. The highest BCUT2D eigenvalue weighted by molar-refractivity contribution is 6.57. The van der Waals surface area contributed by atoms with Gasteiger partial charge in [0.15, 0.2) is 0 Å². The zero-order valence-corrected chi connectivity index (χ0v) is 35.6. The molecule has 328 valence electrons. The monoisotopic (exact) mass is 886 g/mol. The number of rotatable bonds is 8. The zero-order valence-electron chi connectivity index (χ0n) is 34.8. The predicted molar refractivity (Wildman–Crippen MR) is 235 cm³/mol. The van der Waals surface area contributed by atoms with Crippen LogP contribution in [0.3, 0.4) is 0 Å². The Balaban J connectivity index is 0.000000182. The number of nitrogens with one attached hydrogen (secondary N) is 2. The number of carbonyl (C=O) groups is 6. The molecule has 18 nitrogen and oxygen atoms in total. The fourth-order valence-corrected chi connectivity index (χ4v) is 7.04. The van der Waals surface area contributed by atoms with E-state index in [1.807, 2.05) is 50.2 Å².